The number of H-pyrrole nitrogens is 1. The molecule has 4 rings (SSSR count). The van der Waals surface area contributed by atoms with Crippen LogP contribution in [0, 0.1) is 25.2 Å². The smallest absolute Gasteiger partial charge is 0.101 e. The van der Waals surface area contributed by atoms with Crippen molar-refractivity contribution in [1.82, 2.24) is 10.2 Å². The molecule has 1 aromatic heterocycles. The van der Waals surface area contributed by atoms with E-state index in [1.165, 1.54) is 5.56 Å². The summed E-state index contributed by atoms with van der Waals surface area (Å²) in [7, 11) is 0. The number of aryl methyl sites for hydroxylation is 2. The van der Waals surface area contributed by atoms with Gasteiger partial charge in [0, 0.05) is 22.4 Å². The molecule has 0 aliphatic heterocycles. The van der Waals surface area contributed by atoms with Gasteiger partial charge in [0.2, 0.25) is 0 Å². The van der Waals surface area contributed by atoms with Gasteiger partial charge in [-0.05, 0) is 75.1 Å². The lowest BCUT2D eigenvalue weighted by atomic mass is 9.84. The number of hydrogen-bond donors (Lipinski definition) is 2. The van der Waals surface area contributed by atoms with E-state index in [4.69, 9.17) is 10.8 Å². The zero-order chi connectivity index (χ0) is 24.5. The Morgan fingerprint density at radius 1 is 0.941 bits per heavy atom. The number of aromatic nitrogens is 2. The highest BCUT2D eigenvalue weighted by Gasteiger charge is 2.23. The number of nitriles is 1. The summed E-state index contributed by atoms with van der Waals surface area (Å²) >= 11 is 0. The predicted molar refractivity (Wildman–Crippen MR) is 142 cm³/mol. The Labute approximate surface area is 201 Å². The number of benzene rings is 3. The van der Waals surface area contributed by atoms with Gasteiger partial charge >= 0.3 is 0 Å². The van der Waals surface area contributed by atoms with Crippen molar-refractivity contribution in [1.29, 1.82) is 5.26 Å². The summed E-state index contributed by atoms with van der Waals surface area (Å²) in [6.07, 6.45) is 4.01. The van der Waals surface area contributed by atoms with Crippen LogP contribution in [0.25, 0.3) is 39.6 Å². The van der Waals surface area contributed by atoms with Gasteiger partial charge in [0.15, 0.2) is 0 Å². The van der Waals surface area contributed by atoms with Crippen LogP contribution in [0.3, 0.4) is 0 Å². The summed E-state index contributed by atoms with van der Waals surface area (Å²) in [6.45, 7) is 10.0. The first-order chi connectivity index (χ1) is 16.2. The molecule has 4 nitrogen and oxygen atoms in total. The molecule has 0 fully saturated rings. The molecule has 0 aliphatic carbocycles. The second kappa shape index (κ2) is 9.03. The number of nitrogen functional groups attached to an aromatic ring is 1. The molecule has 34 heavy (non-hydrogen) atoms. The van der Waals surface area contributed by atoms with E-state index in [0.717, 1.165) is 50.3 Å². The van der Waals surface area contributed by atoms with Crippen molar-refractivity contribution >= 4 is 11.8 Å². The van der Waals surface area contributed by atoms with Gasteiger partial charge in [-0.15, -0.1) is 0 Å². The van der Waals surface area contributed by atoms with E-state index in [0.29, 0.717) is 5.69 Å². The van der Waals surface area contributed by atoms with Crippen molar-refractivity contribution < 1.29 is 0 Å². The van der Waals surface area contributed by atoms with Crippen LogP contribution in [0.4, 0.5) is 5.69 Å². The molecular weight excluding hydrogens is 416 g/mol. The minimum Gasteiger partial charge on any atom is -0.398 e. The molecule has 3 N–H and O–H groups in total. The lowest BCUT2D eigenvalue weighted by molar-refractivity contribution is 0.686. The van der Waals surface area contributed by atoms with E-state index in [2.05, 4.69) is 73.5 Å². The number of nitrogens with zero attached hydrogens (tertiary/aromatic N) is 2. The Hall–Kier alpha value is -4.10. The van der Waals surface area contributed by atoms with Gasteiger partial charge in [0.1, 0.15) is 5.69 Å². The first kappa shape index (κ1) is 23.1. The second-order valence-corrected chi connectivity index (χ2v) is 9.30. The van der Waals surface area contributed by atoms with Crippen LogP contribution in [0.5, 0.6) is 0 Å². The van der Waals surface area contributed by atoms with Crippen LogP contribution in [0.15, 0.2) is 66.7 Å². The third-order valence-corrected chi connectivity index (χ3v) is 6.32. The molecular formula is C30H30N4. The number of allylic oxidation sites excluding steroid dienone is 1. The van der Waals surface area contributed by atoms with Gasteiger partial charge in [0.25, 0.3) is 0 Å². The Morgan fingerprint density at radius 2 is 1.65 bits per heavy atom. The van der Waals surface area contributed by atoms with E-state index >= 15 is 0 Å². The van der Waals surface area contributed by atoms with Crippen molar-refractivity contribution in [3.05, 3.63) is 89.1 Å². The average molecular weight is 447 g/mol. The topological polar surface area (TPSA) is 78.5 Å². The quantitative estimate of drug-likeness (QED) is 0.313. The minimum absolute atomic E-state index is 0.555. The van der Waals surface area contributed by atoms with Gasteiger partial charge in [-0.2, -0.15) is 10.4 Å². The molecule has 0 amide bonds. The largest absolute Gasteiger partial charge is 0.398 e. The normalized spacial score (nSPS) is 11.6. The molecule has 170 valence electrons. The third-order valence-electron chi connectivity index (χ3n) is 6.32. The number of aromatic amines is 1. The molecule has 1 heterocycles. The van der Waals surface area contributed by atoms with E-state index in [9.17, 15) is 5.26 Å². The first-order valence-corrected chi connectivity index (χ1v) is 11.5. The monoisotopic (exact) mass is 446 g/mol. The maximum absolute atomic E-state index is 9.56. The zero-order valence-corrected chi connectivity index (χ0v) is 20.4. The fourth-order valence-electron chi connectivity index (χ4n) is 4.19. The lowest BCUT2D eigenvalue weighted by Crippen LogP contribution is -2.14. The van der Waals surface area contributed by atoms with Crippen LogP contribution < -0.4 is 5.73 Å². The van der Waals surface area contributed by atoms with Crippen LogP contribution in [-0.4, -0.2) is 10.2 Å². The summed E-state index contributed by atoms with van der Waals surface area (Å²) in [5.74, 6) is 0. The Morgan fingerprint density at radius 3 is 2.29 bits per heavy atom. The van der Waals surface area contributed by atoms with Crippen LogP contribution in [-0.2, 0) is 5.41 Å². The maximum atomic E-state index is 9.56. The fourth-order valence-corrected chi connectivity index (χ4v) is 4.19. The van der Waals surface area contributed by atoms with Gasteiger partial charge < -0.3 is 5.73 Å². The highest BCUT2D eigenvalue weighted by molar-refractivity contribution is 5.93. The van der Waals surface area contributed by atoms with Crippen molar-refractivity contribution in [2.24, 2.45) is 0 Å². The zero-order valence-electron chi connectivity index (χ0n) is 20.4. The first-order valence-electron chi connectivity index (χ1n) is 11.5. The molecule has 4 aromatic rings. The second-order valence-electron chi connectivity index (χ2n) is 9.30. The number of nitrogens with two attached hydrogens (primary N) is 1. The Bertz CT molecular complexity index is 1410. The molecule has 4 heteroatoms. The van der Waals surface area contributed by atoms with Crippen molar-refractivity contribution in [2.45, 2.75) is 40.0 Å². The number of rotatable bonds is 5. The standard InChI is InChI=1S/C30H30N4/c1-6-7-27-28(25-17-22(12-15-26(25)32)21-10-8-19(2)9-11-21)29(34-33-27)24-14-13-23(16-20(24)3)30(4,5)18-31/h6-17H,32H2,1-5H3,(H,33,34)/b7-6-. The number of nitrogens with one attached hydrogen (secondary N) is 1. The predicted octanol–water partition coefficient (Wildman–Crippen LogP) is 7.44. The molecule has 0 bridgehead atoms. The molecule has 0 saturated carbocycles. The van der Waals surface area contributed by atoms with Crippen LogP contribution in [0.1, 0.15) is 43.2 Å². The average Bonchev–Trinajstić information content (AvgIpc) is 3.23. The number of anilines is 1. The summed E-state index contributed by atoms with van der Waals surface area (Å²) in [5.41, 5.74) is 16.9. The molecule has 0 unspecified atom stereocenters. The molecule has 0 saturated heterocycles. The summed E-state index contributed by atoms with van der Waals surface area (Å²) in [4.78, 5) is 0. The van der Waals surface area contributed by atoms with Gasteiger partial charge in [-0.25, -0.2) is 0 Å². The van der Waals surface area contributed by atoms with Gasteiger partial charge in [-0.3, -0.25) is 5.10 Å². The minimum atomic E-state index is -0.555. The molecule has 3 aromatic carbocycles. The summed E-state index contributed by atoms with van der Waals surface area (Å²) in [6, 6.07) is 23.2. The molecule has 0 radical (unpaired) electrons. The van der Waals surface area contributed by atoms with Gasteiger partial charge in [0.05, 0.1) is 17.2 Å². The highest BCUT2D eigenvalue weighted by atomic mass is 15.1. The third kappa shape index (κ3) is 4.25. The lowest BCUT2D eigenvalue weighted by Gasteiger charge is -2.18. The molecule has 0 atom stereocenters. The Balaban J connectivity index is 1.91. The van der Waals surface area contributed by atoms with Crippen LogP contribution in [0.2, 0.25) is 0 Å². The van der Waals surface area contributed by atoms with Crippen molar-refractivity contribution in [2.75, 3.05) is 5.73 Å². The van der Waals surface area contributed by atoms with E-state index in [1.54, 1.807) is 0 Å². The summed E-state index contributed by atoms with van der Waals surface area (Å²) in [5, 5.41) is 17.5. The molecule has 0 spiro atoms. The van der Waals surface area contributed by atoms with Gasteiger partial charge in [-0.1, -0.05) is 60.2 Å². The highest BCUT2D eigenvalue weighted by Crippen LogP contribution is 2.40. The SMILES string of the molecule is C/C=C\c1[nH]nc(-c2ccc(C(C)(C)C#N)cc2C)c1-c1cc(-c2ccc(C)cc2)ccc1N. The molecule has 0 aliphatic rings. The van der Waals surface area contributed by atoms with Crippen molar-refractivity contribution in [3.63, 3.8) is 0 Å². The van der Waals surface area contributed by atoms with E-state index in [-0.39, 0.29) is 0 Å². The fraction of sp³-hybridized carbons (Fsp3) is 0.200. The maximum Gasteiger partial charge on any atom is 0.101 e. The van der Waals surface area contributed by atoms with Crippen molar-refractivity contribution in [3.8, 4) is 39.6 Å². The summed E-state index contributed by atoms with van der Waals surface area (Å²) < 4.78 is 0. The van der Waals surface area contributed by atoms with Crippen LogP contribution >= 0.6 is 0 Å². The Kier molecular flexibility index (Phi) is 6.13. The number of hydrogen-bond acceptors (Lipinski definition) is 3. The van der Waals surface area contributed by atoms with E-state index < -0.39 is 5.41 Å². The van der Waals surface area contributed by atoms with E-state index in [1.807, 2.05) is 45.1 Å².